The van der Waals surface area contributed by atoms with Gasteiger partial charge in [0.25, 0.3) is 0 Å². The van der Waals surface area contributed by atoms with Gasteiger partial charge in [-0.3, -0.25) is 0 Å². The van der Waals surface area contributed by atoms with Gasteiger partial charge in [-0.25, -0.2) is 4.79 Å². The van der Waals surface area contributed by atoms with Crippen LogP contribution in [0.25, 0.3) is 11.0 Å². The first-order valence-electron chi connectivity index (χ1n) is 8.56. The Morgan fingerprint density at radius 1 is 0.917 bits per heavy atom. The maximum atomic E-state index is 12.3. The third kappa shape index (κ3) is 2.94. The van der Waals surface area contributed by atoms with E-state index in [1.165, 1.54) is 12.0 Å². The second-order valence-corrected chi connectivity index (χ2v) is 6.34. The topological polar surface area (TPSA) is 39.4 Å². The predicted octanol–water partition coefficient (Wildman–Crippen LogP) is 4.64. The fourth-order valence-corrected chi connectivity index (χ4v) is 3.43. The van der Waals surface area contributed by atoms with E-state index < -0.39 is 0 Å². The number of benzene rings is 2. The molecule has 0 bridgehead atoms. The molecule has 0 saturated heterocycles. The van der Waals surface area contributed by atoms with Crippen molar-refractivity contribution in [2.75, 3.05) is 0 Å². The van der Waals surface area contributed by atoms with Crippen LogP contribution in [0, 0.1) is 0 Å². The first-order chi connectivity index (χ1) is 11.8. The molecule has 1 heterocycles. The van der Waals surface area contributed by atoms with Gasteiger partial charge in [-0.15, -0.1) is 0 Å². The van der Waals surface area contributed by atoms with E-state index in [1.54, 1.807) is 0 Å². The van der Waals surface area contributed by atoms with E-state index in [-0.39, 0.29) is 5.63 Å². The molecule has 1 aromatic heterocycles. The third-order valence-corrected chi connectivity index (χ3v) is 4.69. The summed E-state index contributed by atoms with van der Waals surface area (Å²) in [7, 11) is 0. The molecule has 4 rings (SSSR count). The molecule has 3 heteroatoms. The van der Waals surface area contributed by atoms with Crippen LogP contribution in [0.4, 0.5) is 0 Å². The lowest BCUT2D eigenvalue weighted by atomic mass is 10.0. The van der Waals surface area contributed by atoms with E-state index >= 15 is 0 Å². The van der Waals surface area contributed by atoms with Crippen LogP contribution in [0.1, 0.15) is 36.0 Å². The van der Waals surface area contributed by atoms with Gasteiger partial charge in [0.05, 0.1) is 0 Å². The molecule has 0 radical (unpaired) electrons. The van der Waals surface area contributed by atoms with Crippen molar-refractivity contribution in [3.8, 4) is 5.75 Å². The van der Waals surface area contributed by atoms with E-state index in [4.69, 9.17) is 9.15 Å². The summed E-state index contributed by atoms with van der Waals surface area (Å²) in [6.07, 6.45) is 5.18. The summed E-state index contributed by atoms with van der Waals surface area (Å²) in [5.74, 6) is 0.725. The van der Waals surface area contributed by atoms with Gasteiger partial charge < -0.3 is 9.15 Å². The largest absolute Gasteiger partial charge is 0.489 e. The summed E-state index contributed by atoms with van der Waals surface area (Å²) in [5.41, 5.74) is 3.61. The Hall–Kier alpha value is -2.55. The average Bonchev–Trinajstić information content (AvgIpc) is 2.87. The van der Waals surface area contributed by atoms with Crippen molar-refractivity contribution >= 4 is 11.0 Å². The summed E-state index contributed by atoms with van der Waals surface area (Å²) in [5, 5.41) is 1.05. The first-order valence-corrected chi connectivity index (χ1v) is 8.56. The highest BCUT2D eigenvalue weighted by Gasteiger charge is 2.17. The number of hydrogen-bond acceptors (Lipinski definition) is 3. The number of aryl methyl sites for hydroxylation is 1. The van der Waals surface area contributed by atoms with Crippen molar-refractivity contribution in [3.05, 3.63) is 75.6 Å². The zero-order valence-electron chi connectivity index (χ0n) is 13.6. The van der Waals surface area contributed by atoms with Crippen LogP contribution in [-0.2, 0) is 19.4 Å². The van der Waals surface area contributed by atoms with Crippen LogP contribution in [0.3, 0.4) is 0 Å². The number of rotatable bonds is 3. The van der Waals surface area contributed by atoms with Crippen LogP contribution in [0.5, 0.6) is 5.75 Å². The van der Waals surface area contributed by atoms with Crippen molar-refractivity contribution < 1.29 is 9.15 Å². The first kappa shape index (κ1) is 15.0. The zero-order chi connectivity index (χ0) is 16.4. The lowest BCUT2D eigenvalue weighted by molar-refractivity contribution is 0.306. The van der Waals surface area contributed by atoms with Gasteiger partial charge in [-0.2, -0.15) is 0 Å². The smallest absolute Gasteiger partial charge is 0.339 e. The molecule has 0 atom stereocenters. The molecule has 0 unspecified atom stereocenters. The molecule has 122 valence electrons. The quantitative estimate of drug-likeness (QED) is 0.521. The second-order valence-electron chi connectivity index (χ2n) is 6.34. The predicted molar refractivity (Wildman–Crippen MR) is 94.5 cm³/mol. The Morgan fingerprint density at radius 2 is 1.71 bits per heavy atom. The minimum Gasteiger partial charge on any atom is -0.489 e. The molecule has 0 fully saturated rings. The van der Waals surface area contributed by atoms with Gasteiger partial charge in [0.15, 0.2) is 0 Å². The van der Waals surface area contributed by atoms with Gasteiger partial charge in [-0.05, 0) is 48.9 Å². The second kappa shape index (κ2) is 6.52. The SMILES string of the molecule is O=c1oc2cc(OCc3ccccc3)ccc2c2c1CCCCC2. The molecule has 3 aromatic rings. The Morgan fingerprint density at radius 3 is 2.54 bits per heavy atom. The summed E-state index contributed by atoms with van der Waals surface area (Å²) < 4.78 is 11.4. The number of fused-ring (bicyclic) bond motifs is 3. The van der Waals surface area contributed by atoms with E-state index in [9.17, 15) is 4.79 Å². The molecular weight excluding hydrogens is 300 g/mol. The minimum absolute atomic E-state index is 0.181. The molecular formula is C21H20O3. The van der Waals surface area contributed by atoms with Gasteiger partial charge in [0.2, 0.25) is 0 Å². The van der Waals surface area contributed by atoms with Gasteiger partial charge in [0.1, 0.15) is 17.9 Å². The van der Waals surface area contributed by atoms with E-state index in [0.29, 0.717) is 12.2 Å². The normalized spacial score (nSPS) is 14.2. The summed E-state index contributed by atoms with van der Waals surface area (Å²) in [6.45, 7) is 0.502. The average molecular weight is 320 g/mol. The van der Waals surface area contributed by atoms with Crippen molar-refractivity contribution in [1.82, 2.24) is 0 Å². The maximum Gasteiger partial charge on any atom is 0.339 e. The number of hydrogen-bond donors (Lipinski definition) is 0. The third-order valence-electron chi connectivity index (χ3n) is 4.69. The molecule has 0 amide bonds. The molecule has 0 spiro atoms. The molecule has 1 aliphatic rings. The maximum absolute atomic E-state index is 12.3. The van der Waals surface area contributed by atoms with Crippen LogP contribution in [0.15, 0.2) is 57.7 Å². The van der Waals surface area contributed by atoms with Crippen molar-refractivity contribution in [1.29, 1.82) is 0 Å². The van der Waals surface area contributed by atoms with E-state index in [2.05, 4.69) is 0 Å². The molecule has 2 aromatic carbocycles. The molecule has 1 aliphatic carbocycles. The van der Waals surface area contributed by atoms with Crippen LogP contribution >= 0.6 is 0 Å². The highest BCUT2D eigenvalue weighted by molar-refractivity contribution is 5.82. The van der Waals surface area contributed by atoms with Crippen molar-refractivity contribution in [2.45, 2.75) is 38.7 Å². The Kier molecular flexibility index (Phi) is 4.08. The number of ether oxygens (including phenoxy) is 1. The lowest BCUT2D eigenvalue weighted by Gasteiger charge is -2.10. The van der Waals surface area contributed by atoms with Gasteiger partial charge >= 0.3 is 5.63 Å². The fourth-order valence-electron chi connectivity index (χ4n) is 3.43. The summed E-state index contributed by atoms with van der Waals surface area (Å²) in [6, 6.07) is 15.9. The molecule has 0 N–H and O–H groups in total. The van der Waals surface area contributed by atoms with Gasteiger partial charge in [0, 0.05) is 17.0 Å². The van der Waals surface area contributed by atoms with Crippen molar-refractivity contribution in [2.24, 2.45) is 0 Å². The highest BCUT2D eigenvalue weighted by Crippen LogP contribution is 2.28. The van der Waals surface area contributed by atoms with Crippen molar-refractivity contribution in [3.63, 3.8) is 0 Å². The standard InChI is InChI=1S/C21H20O3/c22-21-19-10-6-2-5-9-17(19)18-12-11-16(13-20(18)24-21)23-14-15-7-3-1-4-8-15/h1,3-4,7-8,11-13H,2,5-6,9-10,14H2. The lowest BCUT2D eigenvalue weighted by Crippen LogP contribution is -2.10. The molecule has 0 saturated carbocycles. The molecule has 0 aliphatic heterocycles. The fraction of sp³-hybridized carbons (Fsp3) is 0.286. The molecule has 24 heavy (non-hydrogen) atoms. The summed E-state index contributed by atoms with van der Waals surface area (Å²) in [4.78, 5) is 12.3. The monoisotopic (exact) mass is 320 g/mol. The highest BCUT2D eigenvalue weighted by atomic mass is 16.5. The van der Waals surface area contributed by atoms with E-state index in [1.807, 2.05) is 48.5 Å². The molecule has 3 nitrogen and oxygen atoms in total. The Labute approximate surface area is 140 Å². The van der Waals surface area contributed by atoms with Crippen LogP contribution < -0.4 is 10.4 Å². The Bertz CT molecular complexity index is 910. The van der Waals surface area contributed by atoms with Gasteiger partial charge in [-0.1, -0.05) is 36.8 Å². The van der Waals surface area contributed by atoms with Crippen LogP contribution in [-0.4, -0.2) is 0 Å². The summed E-state index contributed by atoms with van der Waals surface area (Å²) >= 11 is 0. The Balaban J connectivity index is 1.67. The minimum atomic E-state index is -0.181. The van der Waals surface area contributed by atoms with E-state index in [0.717, 1.165) is 47.9 Å². The zero-order valence-corrected chi connectivity index (χ0v) is 13.6. The van der Waals surface area contributed by atoms with Crippen LogP contribution in [0.2, 0.25) is 0 Å².